The molecule has 0 amide bonds. The van der Waals surface area contributed by atoms with E-state index in [2.05, 4.69) is 21.9 Å². The molecule has 0 bridgehead atoms. The monoisotopic (exact) mass is 363 g/mol. The first-order valence-corrected chi connectivity index (χ1v) is 9.10. The van der Waals surface area contributed by atoms with Gasteiger partial charge in [-0.15, -0.1) is 0 Å². The van der Waals surface area contributed by atoms with Crippen molar-refractivity contribution in [2.45, 2.75) is 19.0 Å². The quantitative estimate of drug-likeness (QED) is 0.401. The number of guanidine groups is 1. The zero-order valence-electron chi connectivity index (χ0n) is 13.9. The number of halogens is 3. The molecule has 0 atom stereocenters. The summed E-state index contributed by atoms with van der Waals surface area (Å²) in [5.74, 6) is 2.24. The topological polar surface area (TPSA) is 45.7 Å². The lowest BCUT2D eigenvalue weighted by Gasteiger charge is -2.13. The Morgan fingerprint density at radius 2 is 1.79 bits per heavy atom. The van der Waals surface area contributed by atoms with E-state index in [0.29, 0.717) is 24.9 Å². The predicted molar refractivity (Wildman–Crippen MR) is 93.9 cm³/mol. The highest BCUT2D eigenvalue weighted by atomic mass is 32.2. The van der Waals surface area contributed by atoms with Crippen LogP contribution in [0.5, 0.6) is 5.75 Å². The maximum absolute atomic E-state index is 12.5. The zero-order valence-corrected chi connectivity index (χ0v) is 14.8. The van der Waals surface area contributed by atoms with Crippen LogP contribution >= 0.6 is 11.8 Å². The molecule has 4 nitrogen and oxygen atoms in total. The molecule has 2 N–H and O–H groups in total. The number of hydrogen-bond donors (Lipinski definition) is 2. The maximum Gasteiger partial charge on any atom is 0.416 e. The maximum atomic E-state index is 12.5. The molecule has 136 valence electrons. The highest BCUT2D eigenvalue weighted by Crippen LogP contribution is 2.30. The summed E-state index contributed by atoms with van der Waals surface area (Å²) < 4.78 is 42.8. The van der Waals surface area contributed by atoms with Crippen LogP contribution in [-0.4, -0.2) is 44.7 Å². The molecule has 1 aromatic carbocycles. The smallest absolute Gasteiger partial charge is 0.416 e. The van der Waals surface area contributed by atoms with Crippen LogP contribution < -0.4 is 15.4 Å². The van der Waals surface area contributed by atoms with Crippen molar-refractivity contribution in [3.63, 3.8) is 0 Å². The fourth-order valence-corrected chi connectivity index (χ4v) is 2.37. The Morgan fingerprint density at radius 3 is 2.38 bits per heavy atom. The molecule has 1 rings (SSSR count). The van der Waals surface area contributed by atoms with Crippen LogP contribution in [0.25, 0.3) is 0 Å². The third kappa shape index (κ3) is 8.33. The molecule has 0 saturated heterocycles. The van der Waals surface area contributed by atoms with E-state index < -0.39 is 11.7 Å². The highest BCUT2D eigenvalue weighted by molar-refractivity contribution is 7.98. The molecule has 0 aliphatic rings. The zero-order chi connectivity index (χ0) is 17.8. The second-order valence-corrected chi connectivity index (χ2v) is 5.98. The van der Waals surface area contributed by atoms with Crippen LogP contribution in [-0.2, 0) is 6.18 Å². The summed E-state index contributed by atoms with van der Waals surface area (Å²) in [6, 6.07) is 4.67. The van der Waals surface area contributed by atoms with Gasteiger partial charge in [0, 0.05) is 13.6 Å². The number of ether oxygens (including phenoxy) is 1. The molecule has 1 aromatic rings. The van der Waals surface area contributed by atoms with Crippen LogP contribution in [0.4, 0.5) is 13.2 Å². The molecule has 0 unspecified atom stereocenters. The number of benzene rings is 1. The third-order valence-electron chi connectivity index (χ3n) is 3.14. The molecule has 0 radical (unpaired) electrons. The highest BCUT2D eigenvalue weighted by Gasteiger charge is 2.29. The summed E-state index contributed by atoms with van der Waals surface area (Å²) in [7, 11) is 1.69. The minimum Gasteiger partial charge on any atom is -0.492 e. The van der Waals surface area contributed by atoms with Crippen molar-refractivity contribution in [1.29, 1.82) is 0 Å². The van der Waals surface area contributed by atoms with E-state index in [0.717, 1.165) is 37.3 Å². The standard InChI is InChI=1S/C16H24F3N3OS/c1-20-15(21-9-3-4-12-24-2)22-10-11-23-14-7-5-13(6-8-14)16(17,18)19/h5-8H,3-4,9-12H2,1-2H3,(H2,20,21,22). The molecular formula is C16H24F3N3OS. The summed E-state index contributed by atoms with van der Waals surface area (Å²) in [6.45, 7) is 1.68. The Hall–Kier alpha value is -1.57. The fourth-order valence-electron chi connectivity index (χ4n) is 1.88. The first-order valence-electron chi connectivity index (χ1n) is 7.71. The van der Waals surface area contributed by atoms with Crippen molar-refractivity contribution in [3.05, 3.63) is 29.8 Å². The summed E-state index contributed by atoms with van der Waals surface area (Å²) in [5, 5.41) is 6.30. The molecule has 0 aliphatic carbocycles. The van der Waals surface area contributed by atoms with Crippen molar-refractivity contribution in [2.24, 2.45) is 4.99 Å². The number of nitrogens with zero attached hydrogens (tertiary/aromatic N) is 1. The van der Waals surface area contributed by atoms with E-state index in [1.807, 2.05) is 11.8 Å². The molecule has 0 saturated carbocycles. The Bertz CT molecular complexity index is 492. The van der Waals surface area contributed by atoms with Crippen molar-refractivity contribution < 1.29 is 17.9 Å². The number of nitrogens with one attached hydrogen (secondary N) is 2. The Balaban J connectivity index is 2.22. The van der Waals surface area contributed by atoms with Crippen molar-refractivity contribution in [2.75, 3.05) is 38.8 Å². The van der Waals surface area contributed by atoms with Gasteiger partial charge in [0.2, 0.25) is 0 Å². The number of alkyl halides is 3. The lowest BCUT2D eigenvalue weighted by atomic mass is 10.2. The van der Waals surface area contributed by atoms with Gasteiger partial charge >= 0.3 is 6.18 Å². The van der Waals surface area contributed by atoms with E-state index >= 15 is 0 Å². The van der Waals surface area contributed by atoms with Gasteiger partial charge in [-0.2, -0.15) is 24.9 Å². The molecule has 8 heteroatoms. The summed E-state index contributed by atoms with van der Waals surface area (Å²) in [6.07, 6.45) is -0.00949. The van der Waals surface area contributed by atoms with E-state index in [1.165, 1.54) is 12.1 Å². The van der Waals surface area contributed by atoms with Gasteiger partial charge in [0.1, 0.15) is 12.4 Å². The first-order chi connectivity index (χ1) is 11.5. The van der Waals surface area contributed by atoms with Crippen LogP contribution in [0.15, 0.2) is 29.3 Å². The second kappa shape index (κ2) is 11.1. The molecule has 0 heterocycles. The minimum absolute atomic E-state index is 0.332. The van der Waals surface area contributed by atoms with E-state index in [-0.39, 0.29) is 0 Å². The van der Waals surface area contributed by atoms with Crippen molar-refractivity contribution in [3.8, 4) is 5.75 Å². The van der Waals surface area contributed by atoms with E-state index in [4.69, 9.17) is 4.74 Å². The Labute approximate surface area is 145 Å². The van der Waals surface area contributed by atoms with Crippen LogP contribution in [0.2, 0.25) is 0 Å². The Morgan fingerprint density at radius 1 is 1.12 bits per heavy atom. The molecular weight excluding hydrogens is 339 g/mol. The SMILES string of the molecule is CN=C(NCCCCSC)NCCOc1ccc(C(F)(F)F)cc1. The average molecular weight is 363 g/mol. The Kier molecular flexibility index (Phi) is 9.44. The summed E-state index contributed by atoms with van der Waals surface area (Å²) >= 11 is 1.83. The van der Waals surface area contributed by atoms with Gasteiger partial charge in [0.05, 0.1) is 12.1 Å². The predicted octanol–water partition coefficient (Wildman–Crippen LogP) is 3.39. The van der Waals surface area contributed by atoms with Crippen LogP contribution in [0.1, 0.15) is 18.4 Å². The summed E-state index contributed by atoms with van der Waals surface area (Å²) in [5.41, 5.74) is -0.681. The van der Waals surface area contributed by atoms with Gasteiger partial charge < -0.3 is 15.4 Å². The molecule has 0 aliphatic heterocycles. The van der Waals surface area contributed by atoms with Crippen molar-refractivity contribution >= 4 is 17.7 Å². The lowest BCUT2D eigenvalue weighted by molar-refractivity contribution is -0.137. The average Bonchev–Trinajstić information content (AvgIpc) is 2.56. The van der Waals surface area contributed by atoms with Crippen LogP contribution in [0, 0.1) is 0 Å². The number of hydrogen-bond acceptors (Lipinski definition) is 3. The largest absolute Gasteiger partial charge is 0.492 e. The normalized spacial score (nSPS) is 12.1. The van der Waals surface area contributed by atoms with Gasteiger partial charge in [0.25, 0.3) is 0 Å². The number of rotatable bonds is 9. The van der Waals surface area contributed by atoms with Gasteiger partial charge in [-0.1, -0.05) is 0 Å². The molecule has 24 heavy (non-hydrogen) atoms. The van der Waals surface area contributed by atoms with Gasteiger partial charge in [-0.25, -0.2) is 0 Å². The van der Waals surface area contributed by atoms with Gasteiger partial charge in [-0.05, 0) is 49.1 Å². The number of thioether (sulfide) groups is 1. The summed E-state index contributed by atoms with van der Waals surface area (Å²) in [4.78, 5) is 4.10. The van der Waals surface area contributed by atoms with E-state index in [1.54, 1.807) is 7.05 Å². The molecule has 0 fully saturated rings. The fraction of sp³-hybridized carbons (Fsp3) is 0.562. The van der Waals surface area contributed by atoms with Gasteiger partial charge in [0.15, 0.2) is 5.96 Å². The van der Waals surface area contributed by atoms with E-state index in [9.17, 15) is 13.2 Å². The lowest BCUT2D eigenvalue weighted by Crippen LogP contribution is -2.39. The van der Waals surface area contributed by atoms with Crippen molar-refractivity contribution in [1.82, 2.24) is 10.6 Å². The number of unbranched alkanes of at least 4 members (excludes halogenated alkanes) is 1. The van der Waals surface area contributed by atoms with Gasteiger partial charge in [-0.3, -0.25) is 4.99 Å². The minimum atomic E-state index is -4.33. The van der Waals surface area contributed by atoms with Crippen LogP contribution in [0.3, 0.4) is 0 Å². The molecule has 0 aromatic heterocycles. The molecule has 0 spiro atoms. The number of aliphatic imine (C=N–C) groups is 1. The first kappa shape index (κ1) is 20.5. The second-order valence-electron chi connectivity index (χ2n) is 5.00. The third-order valence-corrected chi connectivity index (χ3v) is 3.83.